The van der Waals surface area contributed by atoms with E-state index in [-0.39, 0.29) is 18.3 Å². The molecule has 22 heavy (non-hydrogen) atoms. The van der Waals surface area contributed by atoms with Crippen molar-refractivity contribution in [2.75, 3.05) is 6.61 Å². The Morgan fingerprint density at radius 2 is 2.09 bits per heavy atom. The van der Waals surface area contributed by atoms with Crippen molar-refractivity contribution in [1.29, 1.82) is 0 Å². The van der Waals surface area contributed by atoms with E-state index in [9.17, 15) is 9.18 Å². The molecule has 0 spiro atoms. The van der Waals surface area contributed by atoms with Gasteiger partial charge in [-0.05, 0) is 59.2 Å². The van der Waals surface area contributed by atoms with Gasteiger partial charge in [-0.1, -0.05) is 12.8 Å². The molecule has 1 aliphatic carbocycles. The van der Waals surface area contributed by atoms with Gasteiger partial charge >= 0.3 is 0 Å². The molecule has 1 aromatic rings. The van der Waals surface area contributed by atoms with Crippen molar-refractivity contribution in [3.63, 3.8) is 0 Å². The molecule has 1 fully saturated rings. The molecule has 120 valence electrons. The van der Waals surface area contributed by atoms with E-state index in [1.54, 1.807) is 0 Å². The molecule has 2 rings (SSSR count). The van der Waals surface area contributed by atoms with Gasteiger partial charge in [0.15, 0.2) is 11.7 Å². The van der Waals surface area contributed by atoms with Gasteiger partial charge in [-0.25, -0.2) is 4.39 Å². The molecular formula is C14H17BrFN3O2S. The Balaban J connectivity index is 1.68. The van der Waals surface area contributed by atoms with E-state index >= 15 is 0 Å². The summed E-state index contributed by atoms with van der Waals surface area (Å²) in [6.45, 7) is -0.205. The van der Waals surface area contributed by atoms with Crippen LogP contribution in [-0.4, -0.2) is 23.7 Å². The maximum Gasteiger partial charge on any atom is 0.276 e. The van der Waals surface area contributed by atoms with Gasteiger partial charge in [-0.2, -0.15) is 0 Å². The van der Waals surface area contributed by atoms with Crippen molar-refractivity contribution in [3.05, 3.63) is 28.5 Å². The van der Waals surface area contributed by atoms with Crippen LogP contribution in [0.15, 0.2) is 22.7 Å². The molecule has 0 aliphatic heterocycles. The monoisotopic (exact) mass is 389 g/mol. The van der Waals surface area contributed by atoms with Crippen molar-refractivity contribution in [3.8, 4) is 5.75 Å². The third-order valence-corrected chi connectivity index (χ3v) is 4.10. The highest BCUT2D eigenvalue weighted by Crippen LogP contribution is 2.25. The van der Waals surface area contributed by atoms with Gasteiger partial charge in [-0.3, -0.25) is 15.6 Å². The maximum atomic E-state index is 12.9. The number of nitrogens with one attached hydrogen (secondary N) is 3. The van der Waals surface area contributed by atoms with Crippen LogP contribution in [0.1, 0.15) is 25.7 Å². The van der Waals surface area contributed by atoms with Gasteiger partial charge in [0, 0.05) is 6.04 Å². The second-order valence-electron chi connectivity index (χ2n) is 4.99. The molecule has 3 N–H and O–H groups in total. The summed E-state index contributed by atoms with van der Waals surface area (Å²) in [4.78, 5) is 11.7. The fraction of sp³-hybridized carbons (Fsp3) is 0.429. The summed E-state index contributed by atoms with van der Waals surface area (Å²) >= 11 is 8.26. The van der Waals surface area contributed by atoms with Gasteiger partial charge in [0.25, 0.3) is 5.91 Å². The molecule has 5 nitrogen and oxygen atoms in total. The number of carbonyl (C=O) groups excluding carboxylic acids is 1. The van der Waals surface area contributed by atoms with Crippen LogP contribution in [-0.2, 0) is 4.79 Å². The van der Waals surface area contributed by atoms with Gasteiger partial charge in [0.05, 0.1) is 4.47 Å². The Hall–Kier alpha value is -1.41. The third-order valence-electron chi connectivity index (χ3n) is 3.26. The zero-order valence-corrected chi connectivity index (χ0v) is 14.2. The lowest BCUT2D eigenvalue weighted by Gasteiger charge is -2.16. The lowest BCUT2D eigenvalue weighted by molar-refractivity contribution is -0.123. The summed E-state index contributed by atoms with van der Waals surface area (Å²) in [7, 11) is 0. The van der Waals surface area contributed by atoms with E-state index in [2.05, 4.69) is 32.1 Å². The first-order valence-corrected chi connectivity index (χ1v) is 8.18. The summed E-state index contributed by atoms with van der Waals surface area (Å²) in [6, 6.07) is 4.36. The number of rotatable bonds is 4. The number of hydrogen-bond acceptors (Lipinski definition) is 3. The molecule has 1 aliphatic rings. The smallest absolute Gasteiger partial charge is 0.276 e. The first-order valence-electron chi connectivity index (χ1n) is 6.98. The minimum Gasteiger partial charge on any atom is -0.483 e. The zero-order valence-electron chi connectivity index (χ0n) is 11.8. The van der Waals surface area contributed by atoms with Crippen LogP contribution in [0.4, 0.5) is 4.39 Å². The SMILES string of the molecule is O=C(COc1ccc(F)cc1Br)NNC(=S)NC1CCCC1. The lowest BCUT2D eigenvalue weighted by atomic mass is 10.3. The lowest BCUT2D eigenvalue weighted by Crippen LogP contribution is -2.50. The molecule has 0 saturated heterocycles. The van der Waals surface area contributed by atoms with E-state index in [0.717, 1.165) is 12.8 Å². The van der Waals surface area contributed by atoms with Crippen LogP contribution in [0, 0.1) is 5.82 Å². The molecule has 8 heteroatoms. The third kappa shape index (κ3) is 5.42. The predicted molar refractivity (Wildman–Crippen MR) is 88.9 cm³/mol. The number of benzene rings is 1. The fourth-order valence-electron chi connectivity index (χ4n) is 2.19. The van der Waals surface area contributed by atoms with E-state index in [4.69, 9.17) is 17.0 Å². The number of ether oxygens (including phenoxy) is 1. The molecular weight excluding hydrogens is 373 g/mol. The minimum atomic E-state index is -0.383. The molecule has 1 amide bonds. The number of hydrogen-bond donors (Lipinski definition) is 3. The average molecular weight is 390 g/mol. The van der Waals surface area contributed by atoms with Crippen molar-refractivity contribution in [1.82, 2.24) is 16.2 Å². The van der Waals surface area contributed by atoms with Crippen molar-refractivity contribution >= 4 is 39.2 Å². The Bertz CT molecular complexity index is 553. The van der Waals surface area contributed by atoms with Crippen LogP contribution in [0.3, 0.4) is 0 Å². The molecule has 0 aromatic heterocycles. The highest BCUT2D eigenvalue weighted by molar-refractivity contribution is 9.10. The molecule has 0 heterocycles. The van der Waals surface area contributed by atoms with Crippen molar-refractivity contribution in [2.45, 2.75) is 31.7 Å². The number of halogens is 2. The Morgan fingerprint density at radius 3 is 2.77 bits per heavy atom. The van der Waals surface area contributed by atoms with Crippen molar-refractivity contribution < 1.29 is 13.9 Å². The second kappa shape index (κ2) is 8.28. The van der Waals surface area contributed by atoms with Crippen LogP contribution in [0.25, 0.3) is 0 Å². The molecule has 1 saturated carbocycles. The first-order chi connectivity index (χ1) is 10.5. The second-order valence-corrected chi connectivity index (χ2v) is 6.25. The van der Waals surface area contributed by atoms with Crippen LogP contribution in [0.5, 0.6) is 5.75 Å². The number of carbonyl (C=O) groups is 1. The summed E-state index contributed by atoms with van der Waals surface area (Å²) < 4.78 is 18.7. The summed E-state index contributed by atoms with van der Waals surface area (Å²) in [5, 5.41) is 3.53. The Kier molecular flexibility index (Phi) is 6.38. The Labute approximate surface area is 142 Å². The van der Waals surface area contributed by atoms with Gasteiger partial charge in [-0.15, -0.1) is 0 Å². The first kappa shape index (κ1) is 17.0. The Morgan fingerprint density at radius 1 is 1.36 bits per heavy atom. The minimum absolute atomic E-state index is 0.205. The zero-order chi connectivity index (χ0) is 15.9. The van der Waals surface area contributed by atoms with Gasteiger partial charge in [0.2, 0.25) is 0 Å². The highest BCUT2D eigenvalue weighted by atomic mass is 79.9. The molecule has 1 aromatic carbocycles. The molecule has 0 radical (unpaired) electrons. The number of thiocarbonyl (C=S) groups is 1. The van der Waals surface area contributed by atoms with Crippen LogP contribution in [0.2, 0.25) is 0 Å². The molecule has 0 bridgehead atoms. The topological polar surface area (TPSA) is 62.4 Å². The highest BCUT2D eigenvalue weighted by Gasteiger charge is 2.15. The fourth-order valence-corrected chi connectivity index (χ4v) is 2.87. The summed E-state index contributed by atoms with van der Waals surface area (Å²) in [6.07, 6.45) is 4.59. The molecule has 0 atom stereocenters. The average Bonchev–Trinajstić information content (AvgIpc) is 2.97. The maximum absolute atomic E-state index is 12.9. The van der Waals surface area contributed by atoms with Crippen molar-refractivity contribution in [2.24, 2.45) is 0 Å². The normalized spacial score (nSPS) is 14.5. The standard InChI is InChI=1S/C14H17BrFN3O2S/c15-11-7-9(16)5-6-12(11)21-8-13(20)18-19-14(22)17-10-3-1-2-4-10/h5-7,10H,1-4,8H2,(H,18,20)(H2,17,19,22). The largest absolute Gasteiger partial charge is 0.483 e. The van der Waals surface area contributed by atoms with E-state index in [0.29, 0.717) is 21.4 Å². The number of hydrazine groups is 1. The quantitative estimate of drug-likeness (QED) is 0.545. The summed E-state index contributed by atoms with van der Waals surface area (Å²) in [5.41, 5.74) is 5.09. The van der Waals surface area contributed by atoms with E-state index in [1.807, 2.05) is 0 Å². The van der Waals surface area contributed by atoms with E-state index < -0.39 is 0 Å². The van der Waals surface area contributed by atoms with E-state index in [1.165, 1.54) is 31.0 Å². The summed E-state index contributed by atoms with van der Waals surface area (Å²) in [5.74, 6) is -0.372. The molecule has 0 unspecified atom stereocenters. The van der Waals surface area contributed by atoms with Crippen LogP contribution >= 0.6 is 28.1 Å². The van der Waals surface area contributed by atoms with Gasteiger partial charge < -0.3 is 10.1 Å². The van der Waals surface area contributed by atoms with Gasteiger partial charge in [0.1, 0.15) is 11.6 Å². The van der Waals surface area contributed by atoms with Crippen LogP contribution < -0.4 is 20.9 Å². The predicted octanol–water partition coefficient (Wildman–Crippen LogP) is 2.40. The number of amides is 1.